The lowest BCUT2D eigenvalue weighted by atomic mass is 9.92. The molecule has 0 aliphatic heterocycles. The number of hydrogen-bond donors (Lipinski definition) is 2. The molecule has 0 spiro atoms. The largest absolute Gasteiger partial charge is 0.396 e. The van der Waals surface area contributed by atoms with Gasteiger partial charge in [-0.3, -0.25) is 0 Å². The summed E-state index contributed by atoms with van der Waals surface area (Å²) in [6, 6.07) is 0. The van der Waals surface area contributed by atoms with E-state index in [0.717, 1.165) is 19.3 Å². The van der Waals surface area contributed by atoms with E-state index >= 15 is 0 Å². The molecule has 0 aliphatic carbocycles. The zero-order valence-electron chi connectivity index (χ0n) is 7.58. The average molecular weight is 160 g/mol. The minimum Gasteiger partial charge on any atom is -0.396 e. The first-order valence-electron chi connectivity index (χ1n) is 4.50. The second kappa shape index (κ2) is 6.62. The molecule has 0 unspecified atom stereocenters. The summed E-state index contributed by atoms with van der Waals surface area (Å²) < 4.78 is 0. The Bertz CT molecular complexity index is 65.6. The van der Waals surface area contributed by atoms with Crippen molar-refractivity contribution < 1.29 is 10.2 Å². The minimum atomic E-state index is 0.257. The van der Waals surface area contributed by atoms with Crippen LogP contribution >= 0.6 is 0 Å². The summed E-state index contributed by atoms with van der Waals surface area (Å²) in [4.78, 5) is 0. The van der Waals surface area contributed by atoms with Crippen LogP contribution in [0.2, 0.25) is 0 Å². The SMILES string of the molecule is CC[C@@H](CO)C[C@@H](CC)CO. The smallest absolute Gasteiger partial charge is 0.0459 e. The normalized spacial score (nSPS) is 16.4. The first kappa shape index (κ1) is 10.9. The quantitative estimate of drug-likeness (QED) is 0.617. The Labute approximate surface area is 69.2 Å². The predicted octanol–water partition coefficient (Wildman–Crippen LogP) is 1.41. The zero-order chi connectivity index (χ0) is 8.69. The molecule has 68 valence electrons. The second-order valence-corrected chi connectivity index (χ2v) is 3.15. The summed E-state index contributed by atoms with van der Waals surface area (Å²) in [7, 11) is 0. The summed E-state index contributed by atoms with van der Waals surface area (Å²) in [5.74, 6) is 0.763. The van der Waals surface area contributed by atoms with Crippen LogP contribution in [0.25, 0.3) is 0 Å². The Kier molecular flexibility index (Phi) is 6.57. The molecule has 2 atom stereocenters. The van der Waals surface area contributed by atoms with E-state index in [4.69, 9.17) is 10.2 Å². The molecule has 0 radical (unpaired) electrons. The van der Waals surface area contributed by atoms with Gasteiger partial charge in [-0.2, -0.15) is 0 Å². The van der Waals surface area contributed by atoms with Crippen molar-refractivity contribution in [2.45, 2.75) is 33.1 Å². The monoisotopic (exact) mass is 160 g/mol. The summed E-state index contributed by atoms with van der Waals surface area (Å²) in [6.07, 6.45) is 2.97. The van der Waals surface area contributed by atoms with E-state index in [1.54, 1.807) is 0 Å². The van der Waals surface area contributed by atoms with Gasteiger partial charge in [0.25, 0.3) is 0 Å². The van der Waals surface area contributed by atoms with E-state index < -0.39 is 0 Å². The third-order valence-corrected chi connectivity index (χ3v) is 2.34. The molecule has 2 heteroatoms. The maximum Gasteiger partial charge on any atom is 0.0459 e. The Hall–Kier alpha value is -0.0800. The van der Waals surface area contributed by atoms with Gasteiger partial charge in [-0.05, 0) is 18.3 Å². The molecule has 0 heterocycles. The lowest BCUT2D eigenvalue weighted by molar-refractivity contribution is 0.156. The Balaban J connectivity index is 3.58. The molecule has 0 aromatic carbocycles. The maximum atomic E-state index is 8.88. The summed E-state index contributed by atoms with van der Waals surface area (Å²) >= 11 is 0. The number of aliphatic hydroxyl groups is 2. The van der Waals surface area contributed by atoms with Gasteiger partial charge < -0.3 is 10.2 Å². The van der Waals surface area contributed by atoms with Gasteiger partial charge in [-0.15, -0.1) is 0 Å². The molecule has 0 saturated heterocycles. The zero-order valence-corrected chi connectivity index (χ0v) is 7.58. The van der Waals surface area contributed by atoms with Crippen LogP contribution in [0.3, 0.4) is 0 Å². The van der Waals surface area contributed by atoms with Crippen molar-refractivity contribution in [2.75, 3.05) is 13.2 Å². The molecule has 11 heavy (non-hydrogen) atoms. The fourth-order valence-electron chi connectivity index (χ4n) is 1.21. The lowest BCUT2D eigenvalue weighted by Crippen LogP contribution is -2.14. The van der Waals surface area contributed by atoms with Crippen molar-refractivity contribution in [2.24, 2.45) is 11.8 Å². The molecule has 2 nitrogen and oxygen atoms in total. The van der Waals surface area contributed by atoms with Gasteiger partial charge >= 0.3 is 0 Å². The Morgan fingerprint density at radius 1 is 0.909 bits per heavy atom. The van der Waals surface area contributed by atoms with E-state index in [0.29, 0.717) is 11.8 Å². The molecule has 2 N–H and O–H groups in total. The fraction of sp³-hybridized carbons (Fsp3) is 1.00. The summed E-state index contributed by atoms with van der Waals surface area (Å²) in [5, 5.41) is 17.8. The van der Waals surface area contributed by atoms with E-state index in [2.05, 4.69) is 13.8 Å². The molecule has 0 aliphatic rings. The van der Waals surface area contributed by atoms with E-state index in [1.165, 1.54) is 0 Å². The average Bonchev–Trinajstić information content (AvgIpc) is 2.07. The van der Waals surface area contributed by atoms with E-state index in [9.17, 15) is 0 Å². The van der Waals surface area contributed by atoms with Crippen LogP contribution in [0.15, 0.2) is 0 Å². The molecular weight excluding hydrogens is 140 g/mol. The van der Waals surface area contributed by atoms with Crippen molar-refractivity contribution in [3.63, 3.8) is 0 Å². The molecular formula is C9H20O2. The Morgan fingerprint density at radius 2 is 1.27 bits per heavy atom. The van der Waals surface area contributed by atoms with Crippen LogP contribution in [0.5, 0.6) is 0 Å². The van der Waals surface area contributed by atoms with Gasteiger partial charge in [0.1, 0.15) is 0 Å². The van der Waals surface area contributed by atoms with Crippen LogP contribution in [-0.4, -0.2) is 23.4 Å². The van der Waals surface area contributed by atoms with Crippen LogP contribution in [0.1, 0.15) is 33.1 Å². The Morgan fingerprint density at radius 3 is 1.45 bits per heavy atom. The molecule has 0 rings (SSSR count). The van der Waals surface area contributed by atoms with Gasteiger partial charge in [0.05, 0.1) is 0 Å². The first-order chi connectivity index (χ1) is 5.28. The van der Waals surface area contributed by atoms with Crippen LogP contribution < -0.4 is 0 Å². The summed E-state index contributed by atoms with van der Waals surface area (Å²) in [6.45, 7) is 4.66. The molecule has 0 aromatic rings. The van der Waals surface area contributed by atoms with Crippen molar-refractivity contribution in [1.82, 2.24) is 0 Å². The van der Waals surface area contributed by atoms with E-state index in [1.807, 2.05) is 0 Å². The number of aliphatic hydroxyl groups excluding tert-OH is 2. The van der Waals surface area contributed by atoms with E-state index in [-0.39, 0.29) is 13.2 Å². The highest BCUT2D eigenvalue weighted by atomic mass is 16.3. The number of hydrogen-bond acceptors (Lipinski definition) is 2. The van der Waals surface area contributed by atoms with Crippen molar-refractivity contribution in [1.29, 1.82) is 0 Å². The van der Waals surface area contributed by atoms with Gasteiger partial charge in [0.15, 0.2) is 0 Å². The highest BCUT2D eigenvalue weighted by molar-refractivity contribution is 4.62. The fourth-order valence-corrected chi connectivity index (χ4v) is 1.21. The highest BCUT2D eigenvalue weighted by Crippen LogP contribution is 2.17. The third kappa shape index (κ3) is 4.38. The van der Waals surface area contributed by atoms with Crippen molar-refractivity contribution >= 4 is 0 Å². The molecule has 0 saturated carbocycles. The molecule has 0 bridgehead atoms. The van der Waals surface area contributed by atoms with Gasteiger partial charge in [-0.1, -0.05) is 26.7 Å². The number of rotatable bonds is 6. The van der Waals surface area contributed by atoms with Crippen LogP contribution in [-0.2, 0) is 0 Å². The highest BCUT2D eigenvalue weighted by Gasteiger charge is 2.11. The molecule has 0 amide bonds. The topological polar surface area (TPSA) is 40.5 Å². The van der Waals surface area contributed by atoms with Gasteiger partial charge in [-0.25, -0.2) is 0 Å². The maximum absolute atomic E-state index is 8.88. The van der Waals surface area contributed by atoms with Crippen LogP contribution in [0.4, 0.5) is 0 Å². The lowest BCUT2D eigenvalue weighted by Gasteiger charge is -2.17. The van der Waals surface area contributed by atoms with Gasteiger partial charge in [0, 0.05) is 13.2 Å². The summed E-state index contributed by atoms with van der Waals surface area (Å²) in [5.41, 5.74) is 0. The van der Waals surface area contributed by atoms with Crippen LogP contribution in [0, 0.1) is 11.8 Å². The van der Waals surface area contributed by atoms with Gasteiger partial charge in [0.2, 0.25) is 0 Å². The third-order valence-electron chi connectivity index (χ3n) is 2.34. The second-order valence-electron chi connectivity index (χ2n) is 3.15. The van der Waals surface area contributed by atoms with Crippen molar-refractivity contribution in [3.05, 3.63) is 0 Å². The first-order valence-corrected chi connectivity index (χ1v) is 4.50. The standard InChI is InChI=1S/C9H20O2/c1-3-8(6-10)5-9(4-2)7-11/h8-11H,3-7H2,1-2H3/t8-,9-/m1/s1. The van der Waals surface area contributed by atoms with Crippen molar-refractivity contribution in [3.8, 4) is 0 Å². The minimum absolute atomic E-state index is 0.257. The molecule has 0 fully saturated rings. The predicted molar refractivity (Wildman–Crippen MR) is 46.4 cm³/mol. The molecule has 0 aromatic heterocycles.